The second-order valence-corrected chi connectivity index (χ2v) is 3.63. The molecule has 1 atom stereocenters. The number of hydrogen-bond acceptors (Lipinski definition) is 3. The molecule has 0 aromatic carbocycles. The number of hydrogen-bond donors (Lipinski definition) is 2. The van der Waals surface area contributed by atoms with Crippen LogP contribution in [0.2, 0.25) is 0 Å². The van der Waals surface area contributed by atoms with E-state index in [1.165, 1.54) is 0 Å². The second kappa shape index (κ2) is 3.65. The highest BCUT2D eigenvalue weighted by atomic mass is 31.2. The Balaban J connectivity index is 2.30. The Bertz CT molecular complexity index is 158. The lowest BCUT2D eigenvalue weighted by Crippen LogP contribution is -2.24. The normalized spacial score (nSPS) is 26.9. The first-order chi connectivity index (χ1) is 5.08. The highest BCUT2D eigenvalue weighted by Gasteiger charge is 2.23. The third-order valence-corrected chi connectivity index (χ3v) is 1.98. The maximum absolute atomic E-state index is 10.3. The zero-order valence-corrected chi connectivity index (χ0v) is 6.87. The van der Waals surface area contributed by atoms with Gasteiger partial charge in [-0.2, -0.15) is 0 Å². The van der Waals surface area contributed by atoms with E-state index in [9.17, 15) is 4.57 Å². The molecule has 1 fully saturated rings. The Hall–Kier alpha value is 0.0700. The van der Waals surface area contributed by atoms with Gasteiger partial charge in [-0.25, -0.2) is 4.57 Å². The molecule has 1 heterocycles. The molecule has 0 saturated carbocycles. The van der Waals surface area contributed by atoms with Crippen LogP contribution in [0.15, 0.2) is 0 Å². The second-order valence-electron chi connectivity index (χ2n) is 2.44. The average Bonchev–Trinajstić information content (AvgIpc) is 1.85. The van der Waals surface area contributed by atoms with E-state index in [1.807, 2.05) is 0 Å². The largest absolute Gasteiger partial charge is 0.469 e. The molecule has 0 bridgehead atoms. The first-order valence-corrected chi connectivity index (χ1v) is 4.92. The Labute approximate surface area is 64.6 Å². The summed E-state index contributed by atoms with van der Waals surface area (Å²) in [6.07, 6.45) is 1.01. The van der Waals surface area contributed by atoms with E-state index in [-0.39, 0.29) is 6.61 Å². The van der Waals surface area contributed by atoms with Gasteiger partial charge in [0.1, 0.15) is 0 Å². The smallest absolute Gasteiger partial charge is 0.379 e. The fourth-order valence-electron chi connectivity index (χ4n) is 0.989. The van der Waals surface area contributed by atoms with Crippen LogP contribution >= 0.6 is 7.82 Å². The van der Waals surface area contributed by atoms with Crippen molar-refractivity contribution in [1.82, 2.24) is 0 Å². The molecule has 66 valence electrons. The van der Waals surface area contributed by atoms with Gasteiger partial charge in [-0.05, 0) is 12.8 Å². The molecule has 6 heteroatoms. The van der Waals surface area contributed by atoms with Crippen LogP contribution in [0.25, 0.3) is 0 Å². The van der Waals surface area contributed by atoms with Gasteiger partial charge in [-0.1, -0.05) is 0 Å². The molecule has 0 aromatic heterocycles. The topological polar surface area (TPSA) is 76.0 Å². The molecule has 11 heavy (non-hydrogen) atoms. The van der Waals surface area contributed by atoms with Crippen LogP contribution in [0.3, 0.4) is 0 Å². The predicted molar refractivity (Wildman–Crippen MR) is 37.0 cm³/mol. The first-order valence-electron chi connectivity index (χ1n) is 3.39. The van der Waals surface area contributed by atoms with Crippen LogP contribution in [0, 0.1) is 0 Å². The summed E-state index contributed by atoms with van der Waals surface area (Å²) in [5, 5.41) is 0. The van der Waals surface area contributed by atoms with Crippen LogP contribution in [-0.2, 0) is 13.8 Å². The molecule has 1 rings (SSSR count). The molecule has 0 aromatic rings. The van der Waals surface area contributed by atoms with E-state index >= 15 is 0 Å². The highest BCUT2D eigenvalue weighted by Crippen LogP contribution is 2.38. The van der Waals surface area contributed by atoms with Gasteiger partial charge in [-0.3, -0.25) is 4.52 Å². The molecule has 1 saturated heterocycles. The zero-order valence-electron chi connectivity index (χ0n) is 5.97. The van der Waals surface area contributed by atoms with Crippen LogP contribution in [0.5, 0.6) is 0 Å². The average molecular weight is 182 g/mol. The van der Waals surface area contributed by atoms with Crippen molar-refractivity contribution >= 4 is 7.82 Å². The minimum Gasteiger partial charge on any atom is -0.379 e. The predicted octanol–water partition coefficient (Wildman–Crippen LogP) is 0.275. The van der Waals surface area contributed by atoms with Crippen molar-refractivity contribution in [3.8, 4) is 0 Å². The summed E-state index contributed by atoms with van der Waals surface area (Å²) in [5.74, 6) is 0. The van der Waals surface area contributed by atoms with E-state index in [0.29, 0.717) is 13.0 Å². The van der Waals surface area contributed by atoms with Crippen molar-refractivity contribution in [2.24, 2.45) is 0 Å². The van der Waals surface area contributed by atoms with Crippen molar-refractivity contribution in [2.75, 3.05) is 13.2 Å². The summed E-state index contributed by atoms with van der Waals surface area (Å²) in [6.45, 7) is 0.937. The van der Waals surface area contributed by atoms with E-state index in [1.54, 1.807) is 0 Å². The molecule has 0 radical (unpaired) electrons. The van der Waals surface area contributed by atoms with E-state index < -0.39 is 13.9 Å². The first kappa shape index (κ1) is 9.16. The van der Waals surface area contributed by atoms with Crippen molar-refractivity contribution in [3.63, 3.8) is 0 Å². The molecule has 0 spiro atoms. The molecule has 1 aliphatic heterocycles. The van der Waals surface area contributed by atoms with Crippen molar-refractivity contribution in [3.05, 3.63) is 0 Å². The number of rotatable bonds is 2. The Morgan fingerprint density at radius 2 is 2.27 bits per heavy atom. The maximum atomic E-state index is 10.3. The fourth-order valence-corrected chi connectivity index (χ4v) is 1.54. The lowest BCUT2D eigenvalue weighted by Gasteiger charge is -2.22. The lowest BCUT2D eigenvalue weighted by molar-refractivity contribution is -0.00557. The lowest BCUT2D eigenvalue weighted by atomic mass is 10.2. The fraction of sp³-hybridized carbons (Fsp3) is 1.00. The minimum absolute atomic E-state index is 0.283. The highest BCUT2D eigenvalue weighted by molar-refractivity contribution is 7.46. The number of phosphoric acid groups is 1. The quantitative estimate of drug-likeness (QED) is 0.599. The van der Waals surface area contributed by atoms with Gasteiger partial charge in [0.15, 0.2) is 0 Å². The van der Waals surface area contributed by atoms with Gasteiger partial charge < -0.3 is 14.5 Å². The van der Waals surface area contributed by atoms with Crippen molar-refractivity contribution in [1.29, 1.82) is 0 Å². The van der Waals surface area contributed by atoms with Gasteiger partial charge in [0.2, 0.25) is 0 Å². The molecule has 1 unspecified atom stereocenters. The van der Waals surface area contributed by atoms with Crippen LogP contribution < -0.4 is 0 Å². The van der Waals surface area contributed by atoms with Gasteiger partial charge in [0, 0.05) is 6.61 Å². The standard InChI is InChI=1S/C5H11O5P/c6-11(7,8)10-5-2-1-3-9-4-5/h5H,1-4H2,(H2,6,7,8). The summed E-state index contributed by atoms with van der Waals surface area (Å²) in [7, 11) is -4.31. The van der Waals surface area contributed by atoms with E-state index in [0.717, 1.165) is 6.42 Å². The summed E-state index contributed by atoms with van der Waals surface area (Å²) >= 11 is 0. The Kier molecular flexibility index (Phi) is 3.04. The molecule has 2 N–H and O–H groups in total. The van der Waals surface area contributed by atoms with Gasteiger partial charge in [-0.15, -0.1) is 0 Å². The van der Waals surface area contributed by atoms with Gasteiger partial charge in [0.25, 0.3) is 0 Å². The molecule has 5 nitrogen and oxygen atoms in total. The third kappa shape index (κ3) is 3.84. The maximum Gasteiger partial charge on any atom is 0.469 e. The van der Waals surface area contributed by atoms with Crippen LogP contribution in [0.4, 0.5) is 0 Å². The Morgan fingerprint density at radius 1 is 1.55 bits per heavy atom. The van der Waals surface area contributed by atoms with E-state index in [4.69, 9.17) is 14.5 Å². The Morgan fingerprint density at radius 3 is 2.73 bits per heavy atom. The molecule has 0 aliphatic carbocycles. The van der Waals surface area contributed by atoms with Gasteiger partial charge in [0.05, 0.1) is 12.7 Å². The zero-order chi connectivity index (χ0) is 8.32. The van der Waals surface area contributed by atoms with Crippen LogP contribution in [-0.4, -0.2) is 29.1 Å². The summed E-state index contributed by atoms with van der Waals surface area (Å²) in [4.78, 5) is 16.8. The number of ether oxygens (including phenoxy) is 1. The SMILES string of the molecule is O=P(O)(O)OC1CCCOC1. The summed E-state index contributed by atoms with van der Waals surface area (Å²) in [6, 6.07) is 0. The molecule has 0 amide bonds. The number of phosphoric ester groups is 1. The van der Waals surface area contributed by atoms with Crippen molar-refractivity contribution < 1.29 is 23.6 Å². The minimum atomic E-state index is -4.31. The van der Waals surface area contributed by atoms with E-state index in [2.05, 4.69) is 4.52 Å². The molecule has 1 aliphatic rings. The van der Waals surface area contributed by atoms with Gasteiger partial charge >= 0.3 is 7.82 Å². The van der Waals surface area contributed by atoms with Crippen molar-refractivity contribution in [2.45, 2.75) is 18.9 Å². The molecular formula is C5H11O5P. The third-order valence-electron chi connectivity index (χ3n) is 1.40. The summed E-state index contributed by atoms with van der Waals surface area (Å²) < 4.78 is 19.7. The molecular weight excluding hydrogens is 171 g/mol. The summed E-state index contributed by atoms with van der Waals surface area (Å²) in [5.41, 5.74) is 0. The monoisotopic (exact) mass is 182 g/mol. The van der Waals surface area contributed by atoms with Crippen LogP contribution in [0.1, 0.15) is 12.8 Å².